The largest absolute Gasteiger partial charge is 0.481 e. The minimum atomic E-state index is -2.01. The van der Waals surface area contributed by atoms with Gasteiger partial charge in [0.2, 0.25) is 94.5 Å². The summed E-state index contributed by atoms with van der Waals surface area (Å²) in [6, 6.07) is 7.94. The molecule has 50 heteroatoms. The van der Waals surface area contributed by atoms with Gasteiger partial charge in [-0.1, -0.05) is 135 Å². The van der Waals surface area contributed by atoms with Gasteiger partial charge in [0.25, 0.3) is 0 Å². The molecule has 0 bridgehead atoms. The number of hydrogen-bond donors (Lipinski definition) is 29. The Hall–Kier alpha value is -15.0. The fraction of sp³-hybridized carbons (Fsp3) is 0.477. The number of carboxylic acid groups (broad SMARTS) is 4. The van der Waals surface area contributed by atoms with E-state index < -0.39 is 267 Å². The highest BCUT2D eigenvalue weighted by atomic mass is 32.2. The quantitative estimate of drug-likeness (QED) is 0.0111. The van der Waals surface area contributed by atoms with Crippen LogP contribution in [0.1, 0.15) is 114 Å². The van der Waals surface area contributed by atoms with E-state index in [1.165, 1.54) is 23.9 Å². The van der Waals surface area contributed by atoms with Gasteiger partial charge in [-0.15, -0.1) is 0 Å². The van der Waals surface area contributed by atoms with Crippen LogP contribution in [0.4, 0.5) is 0 Å². The molecule has 0 heterocycles. The van der Waals surface area contributed by atoms with Gasteiger partial charge in [0.15, 0.2) is 11.9 Å². The highest BCUT2D eigenvalue weighted by molar-refractivity contribution is 7.98. The third-order valence-corrected chi connectivity index (χ3v) is 21.2. The molecule has 754 valence electrons. The summed E-state index contributed by atoms with van der Waals surface area (Å²) in [6.45, 7) is 1.79. The van der Waals surface area contributed by atoms with E-state index in [2.05, 4.69) is 95.7 Å². The molecule has 0 unspecified atom stereocenters. The first-order valence-electron chi connectivity index (χ1n) is 43.9. The maximum absolute atomic E-state index is 14.7. The van der Waals surface area contributed by atoms with Crippen molar-refractivity contribution in [2.24, 2.45) is 23.1 Å². The Morgan fingerprint density at radius 2 is 0.630 bits per heavy atom. The summed E-state index contributed by atoms with van der Waals surface area (Å²) in [7, 11) is 0. The average Bonchev–Trinajstić information content (AvgIpc) is 0.852. The third kappa shape index (κ3) is 44.5. The first-order chi connectivity index (χ1) is 65.4. The molecule has 0 aromatic heterocycles. The summed E-state index contributed by atoms with van der Waals surface area (Å²) in [6.07, 6.45) is -3.09. The second-order valence-electron chi connectivity index (χ2n) is 32.3. The lowest BCUT2D eigenvalue weighted by Gasteiger charge is -2.27. The van der Waals surface area contributed by atoms with Crippen LogP contribution >= 0.6 is 11.8 Å². The number of aliphatic hydroxyl groups excluding tert-OH is 2. The van der Waals surface area contributed by atoms with Crippen LogP contribution in [-0.4, -0.2) is 303 Å². The van der Waals surface area contributed by atoms with Crippen molar-refractivity contribution in [2.75, 3.05) is 51.4 Å². The van der Waals surface area contributed by atoms with Gasteiger partial charge in [0.05, 0.1) is 45.2 Å². The van der Waals surface area contributed by atoms with Crippen molar-refractivity contribution in [3.8, 4) is 0 Å². The van der Waals surface area contributed by atoms with E-state index in [4.69, 9.17) is 28.0 Å². The molecule has 0 aliphatic heterocycles. The Morgan fingerprint density at radius 3 is 1.01 bits per heavy atom. The standard InChI is InChI=1S/C88H125N23O26S/c1-47(2)36-58(104-80(130)60(38-51-22-12-7-13-23-51)107-85(135)66(46-113)111-82(132)62(40-53-26-16-9-17-27-53)105-81(131)61(39-52-24-14-8-15-25-52)106-84(134)65(45-112)110-74(124)54(89)28-18-33-94-87(90)91)75(125)97-44-68(115)100-56(30-31-69(116)117)77(127)99-49(4)73(123)103-59(37-50-20-10-6-11-21-50)79(129)108-63(41-70(118)119)76(126)96-43-67(114)98-48(3)72(122)101-55(29-19-34-95-88(92)93)78(128)109-64(42-71(120)121)83(133)102-57(86(136)137)32-35-138-5/h6-17,20-27,47-49,54-66,112-113H,18-19,28-46,89H2,1-5H3,(H,96,126)(H,97,125)(H,98,114)(H,99,127)(H,100,115)(H,101,122)(H,102,133)(H,103,123)(H,104,130)(H,105,131)(H,106,134)(H,107,135)(H,108,129)(H,109,128)(H,110,124)(H,111,132)(H,116,117)(H,118,119)(H,120,121)(H,136,137)(H4,90,91,94)(H4,92,93,95)/t48-,49-,54-,55-,56-,57-,58-,59-,60-,61-,62-,63-,64-,65-,66-/m0/s1. The zero-order valence-corrected chi connectivity index (χ0v) is 77.4. The second kappa shape index (κ2) is 61.1. The summed E-state index contributed by atoms with van der Waals surface area (Å²) < 4.78 is 0. The monoisotopic (exact) mass is 1950 g/mol. The van der Waals surface area contributed by atoms with Gasteiger partial charge in [0.1, 0.15) is 84.6 Å². The molecule has 4 aromatic rings. The molecule has 49 nitrogen and oxygen atoms in total. The molecule has 138 heavy (non-hydrogen) atoms. The normalized spacial score (nSPS) is 14.2. The van der Waals surface area contributed by atoms with Crippen LogP contribution in [0.25, 0.3) is 0 Å². The lowest BCUT2D eigenvalue weighted by molar-refractivity contribution is -0.144. The zero-order valence-electron chi connectivity index (χ0n) is 76.6. The van der Waals surface area contributed by atoms with Crippen molar-refractivity contribution in [2.45, 2.75) is 208 Å². The average molecular weight is 1950 g/mol. The number of rotatable bonds is 63. The highest BCUT2D eigenvalue weighted by Gasteiger charge is 2.39. The van der Waals surface area contributed by atoms with Crippen molar-refractivity contribution in [3.63, 3.8) is 0 Å². The van der Waals surface area contributed by atoms with Gasteiger partial charge in [-0.2, -0.15) is 11.8 Å². The van der Waals surface area contributed by atoms with E-state index in [1.54, 1.807) is 129 Å². The number of amides is 16. The first-order valence-corrected chi connectivity index (χ1v) is 45.2. The molecule has 0 fully saturated rings. The van der Waals surface area contributed by atoms with Crippen LogP contribution in [0.15, 0.2) is 121 Å². The van der Waals surface area contributed by atoms with Crippen molar-refractivity contribution in [1.82, 2.24) is 95.7 Å². The zero-order chi connectivity index (χ0) is 103. The van der Waals surface area contributed by atoms with Gasteiger partial charge < -0.3 is 144 Å². The Balaban J connectivity index is 1.49. The molecule has 32 N–H and O–H groups in total. The SMILES string of the molecule is CSCC[C@H](NC(=O)[C@H](CC(=O)O)NC(=O)[C@H](CCCNC(=N)N)NC(=O)[C@H](C)NC(=O)CNC(=O)[C@H](CC(=O)O)NC(=O)[C@H](Cc1ccccc1)NC(=O)[C@H](C)NC(=O)[C@H](CCC(=O)O)NC(=O)CNC(=O)[C@H](CC(C)C)NC(=O)[C@H](Cc1ccccc1)NC(=O)[C@H](CO)NC(=O)[C@H](Cc1ccccc1)NC(=O)[C@H](Cc1ccccc1)NC(=O)[C@H](CO)NC(=O)[C@@H](N)CCCNC(=N)N)C(=O)O. The molecule has 4 rings (SSSR count). The maximum Gasteiger partial charge on any atom is 0.326 e. The van der Waals surface area contributed by atoms with Crippen LogP contribution in [0.2, 0.25) is 0 Å². The molecular formula is C88H125N23O26S. The van der Waals surface area contributed by atoms with Crippen molar-refractivity contribution >= 4 is 142 Å². The van der Waals surface area contributed by atoms with E-state index in [1.807, 2.05) is 0 Å². The van der Waals surface area contributed by atoms with Gasteiger partial charge in [-0.25, -0.2) is 4.79 Å². The predicted molar refractivity (Wildman–Crippen MR) is 497 cm³/mol. The van der Waals surface area contributed by atoms with Crippen LogP contribution in [0, 0.1) is 16.7 Å². The number of aliphatic carboxylic acids is 4. The number of nitrogens with two attached hydrogens (primary N) is 3. The van der Waals surface area contributed by atoms with Gasteiger partial charge in [-0.3, -0.25) is 102 Å². The van der Waals surface area contributed by atoms with Crippen molar-refractivity contribution in [1.29, 1.82) is 10.8 Å². The summed E-state index contributed by atoms with van der Waals surface area (Å²) in [5.41, 5.74) is 18.6. The summed E-state index contributed by atoms with van der Waals surface area (Å²) in [5.74, 6) is -24.4. The van der Waals surface area contributed by atoms with E-state index in [0.717, 1.165) is 13.8 Å². The summed E-state index contributed by atoms with van der Waals surface area (Å²) in [5, 5.41) is 118. The van der Waals surface area contributed by atoms with Crippen LogP contribution in [0.3, 0.4) is 0 Å². The molecule has 0 aliphatic rings. The molecule has 0 radical (unpaired) electrons. The number of carbonyl (C=O) groups is 20. The number of carboxylic acids is 4. The molecule has 0 saturated heterocycles. The van der Waals surface area contributed by atoms with Crippen LogP contribution in [-0.2, 0) is 122 Å². The number of hydrogen-bond acceptors (Lipinski definition) is 26. The molecule has 0 saturated carbocycles. The Labute approximate surface area is 797 Å². The lowest BCUT2D eigenvalue weighted by Crippen LogP contribution is -2.61. The summed E-state index contributed by atoms with van der Waals surface area (Å²) >= 11 is 1.26. The number of aliphatic hydroxyl groups is 2. The smallest absolute Gasteiger partial charge is 0.326 e. The maximum atomic E-state index is 14.7. The van der Waals surface area contributed by atoms with Crippen LogP contribution < -0.4 is 113 Å². The third-order valence-electron chi connectivity index (χ3n) is 20.5. The predicted octanol–water partition coefficient (Wildman–Crippen LogP) is -7.45. The fourth-order valence-corrected chi connectivity index (χ4v) is 13.7. The Bertz CT molecular complexity index is 4820. The molecule has 16 amide bonds. The van der Waals surface area contributed by atoms with Gasteiger partial charge >= 0.3 is 23.9 Å². The van der Waals surface area contributed by atoms with E-state index in [-0.39, 0.29) is 88.5 Å². The molecule has 0 aliphatic carbocycles. The topological polar surface area (TPSA) is 805 Å². The number of carbonyl (C=O) groups excluding carboxylic acids is 16. The van der Waals surface area contributed by atoms with Crippen molar-refractivity contribution in [3.05, 3.63) is 144 Å². The molecular weight excluding hydrogens is 1830 g/mol. The number of nitrogens with one attached hydrogen (secondary N) is 20. The first kappa shape index (κ1) is 115. The molecule has 4 aromatic carbocycles. The highest BCUT2D eigenvalue weighted by Crippen LogP contribution is 2.15. The van der Waals surface area contributed by atoms with Gasteiger partial charge in [-0.05, 0) is 99.0 Å². The second-order valence-corrected chi connectivity index (χ2v) is 33.3. The minimum absolute atomic E-state index is 0.000990. The minimum Gasteiger partial charge on any atom is -0.481 e. The number of thioether (sulfide) groups is 1. The fourth-order valence-electron chi connectivity index (χ4n) is 13.2. The number of guanidine groups is 2. The summed E-state index contributed by atoms with van der Waals surface area (Å²) in [4.78, 5) is 271. The van der Waals surface area contributed by atoms with Crippen molar-refractivity contribution < 1.29 is 127 Å². The number of benzene rings is 4. The van der Waals surface area contributed by atoms with E-state index in [9.17, 15) is 127 Å². The lowest BCUT2D eigenvalue weighted by atomic mass is 10.0. The van der Waals surface area contributed by atoms with E-state index in [0.29, 0.717) is 28.7 Å². The van der Waals surface area contributed by atoms with Crippen LogP contribution in [0.5, 0.6) is 0 Å². The van der Waals surface area contributed by atoms with E-state index >= 15 is 0 Å². The van der Waals surface area contributed by atoms with Gasteiger partial charge in [0, 0.05) is 45.2 Å². The Kier molecular flexibility index (Phi) is 51.1. The molecule has 0 spiro atoms. The molecule has 15 atom stereocenters. The Morgan fingerprint density at radius 1 is 0.326 bits per heavy atom.